The van der Waals surface area contributed by atoms with Crippen LogP contribution in [0.4, 0.5) is 0 Å². The SMILES string of the molecule is CN1CCN(CC(=O)N/N=C/c2ccsc2)CC1. The van der Waals surface area contributed by atoms with Crippen LogP contribution in [0.5, 0.6) is 0 Å². The van der Waals surface area contributed by atoms with E-state index in [1.807, 2.05) is 16.8 Å². The van der Waals surface area contributed by atoms with Crippen LogP contribution in [0, 0.1) is 0 Å². The van der Waals surface area contributed by atoms with Crippen LogP contribution in [-0.4, -0.2) is 61.7 Å². The predicted molar refractivity (Wildman–Crippen MR) is 74.0 cm³/mol. The van der Waals surface area contributed by atoms with E-state index in [-0.39, 0.29) is 5.91 Å². The van der Waals surface area contributed by atoms with E-state index in [4.69, 9.17) is 0 Å². The normalized spacial score (nSPS) is 18.3. The zero-order valence-electron chi connectivity index (χ0n) is 10.5. The number of likely N-dealkylation sites (N-methyl/N-ethyl adjacent to an activating group) is 1. The number of amides is 1. The Bertz CT molecular complexity index is 396. The first kappa shape index (κ1) is 13.2. The Kier molecular flexibility index (Phi) is 4.86. The van der Waals surface area contributed by atoms with Crippen molar-refractivity contribution in [3.05, 3.63) is 22.4 Å². The van der Waals surface area contributed by atoms with Gasteiger partial charge in [0.25, 0.3) is 5.91 Å². The second-order valence-electron chi connectivity index (χ2n) is 4.43. The Morgan fingerprint density at radius 3 is 2.94 bits per heavy atom. The van der Waals surface area contributed by atoms with Crippen molar-refractivity contribution in [1.82, 2.24) is 15.2 Å². The zero-order valence-corrected chi connectivity index (χ0v) is 11.3. The number of nitrogens with zero attached hydrogens (tertiary/aromatic N) is 3. The van der Waals surface area contributed by atoms with Crippen molar-refractivity contribution in [2.45, 2.75) is 0 Å². The number of nitrogens with one attached hydrogen (secondary N) is 1. The van der Waals surface area contributed by atoms with E-state index >= 15 is 0 Å². The molecule has 1 aliphatic rings. The average molecular weight is 266 g/mol. The number of piperazine rings is 1. The minimum Gasteiger partial charge on any atom is -0.304 e. The number of hydrogen-bond acceptors (Lipinski definition) is 5. The summed E-state index contributed by atoms with van der Waals surface area (Å²) < 4.78 is 0. The second-order valence-corrected chi connectivity index (χ2v) is 5.21. The fraction of sp³-hybridized carbons (Fsp3) is 0.500. The van der Waals surface area contributed by atoms with Crippen molar-refractivity contribution in [2.24, 2.45) is 5.10 Å². The minimum absolute atomic E-state index is 0.0500. The van der Waals surface area contributed by atoms with Crippen LogP contribution in [0.3, 0.4) is 0 Å². The molecule has 6 heteroatoms. The lowest BCUT2D eigenvalue weighted by Crippen LogP contribution is -2.47. The molecule has 98 valence electrons. The molecule has 2 heterocycles. The van der Waals surface area contributed by atoms with Crippen molar-refractivity contribution >= 4 is 23.5 Å². The summed E-state index contributed by atoms with van der Waals surface area (Å²) in [5, 5.41) is 7.90. The lowest BCUT2D eigenvalue weighted by Gasteiger charge is -2.31. The third-order valence-corrected chi connectivity index (χ3v) is 3.61. The molecule has 1 N–H and O–H groups in total. The summed E-state index contributed by atoms with van der Waals surface area (Å²) in [6, 6.07) is 1.96. The number of hydrazone groups is 1. The molecule has 0 bridgehead atoms. The summed E-state index contributed by atoms with van der Waals surface area (Å²) in [7, 11) is 2.10. The van der Waals surface area contributed by atoms with Crippen molar-refractivity contribution in [3.63, 3.8) is 0 Å². The van der Waals surface area contributed by atoms with Gasteiger partial charge in [0.15, 0.2) is 0 Å². The van der Waals surface area contributed by atoms with Gasteiger partial charge in [0, 0.05) is 31.7 Å². The van der Waals surface area contributed by atoms with Gasteiger partial charge in [0.2, 0.25) is 0 Å². The van der Waals surface area contributed by atoms with Gasteiger partial charge in [-0.2, -0.15) is 16.4 Å². The van der Waals surface area contributed by atoms with Crippen LogP contribution in [0.15, 0.2) is 21.9 Å². The van der Waals surface area contributed by atoms with Gasteiger partial charge >= 0.3 is 0 Å². The lowest BCUT2D eigenvalue weighted by atomic mass is 10.3. The molecule has 1 aromatic rings. The van der Waals surface area contributed by atoms with Gasteiger partial charge in [-0.05, 0) is 23.9 Å². The van der Waals surface area contributed by atoms with Gasteiger partial charge in [-0.3, -0.25) is 9.69 Å². The molecule has 0 spiro atoms. The Hall–Kier alpha value is -1.24. The maximum absolute atomic E-state index is 11.6. The molecule has 1 amide bonds. The number of hydrogen-bond donors (Lipinski definition) is 1. The maximum Gasteiger partial charge on any atom is 0.254 e. The Labute approximate surface area is 111 Å². The zero-order chi connectivity index (χ0) is 12.8. The highest BCUT2D eigenvalue weighted by atomic mass is 32.1. The molecule has 5 nitrogen and oxygen atoms in total. The molecule has 0 unspecified atom stereocenters. The van der Waals surface area contributed by atoms with Gasteiger partial charge < -0.3 is 4.90 Å². The van der Waals surface area contributed by atoms with Crippen LogP contribution in [0.2, 0.25) is 0 Å². The van der Waals surface area contributed by atoms with Crippen molar-refractivity contribution in [3.8, 4) is 0 Å². The number of thiophene rings is 1. The Morgan fingerprint density at radius 1 is 1.50 bits per heavy atom. The molecule has 1 fully saturated rings. The van der Waals surface area contributed by atoms with Crippen LogP contribution >= 0.6 is 11.3 Å². The van der Waals surface area contributed by atoms with Crippen LogP contribution in [-0.2, 0) is 4.79 Å². The van der Waals surface area contributed by atoms with Crippen molar-refractivity contribution in [1.29, 1.82) is 0 Å². The third kappa shape index (κ3) is 4.21. The highest BCUT2D eigenvalue weighted by Gasteiger charge is 2.15. The Morgan fingerprint density at radius 2 is 2.28 bits per heavy atom. The first-order valence-electron chi connectivity index (χ1n) is 5.99. The van der Waals surface area contributed by atoms with E-state index in [9.17, 15) is 4.79 Å². The number of rotatable bonds is 4. The highest BCUT2D eigenvalue weighted by Crippen LogP contribution is 2.02. The molecular formula is C12H18N4OS. The first-order chi connectivity index (χ1) is 8.74. The summed E-state index contributed by atoms with van der Waals surface area (Å²) in [5.74, 6) is -0.0500. The average Bonchev–Trinajstić information content (AvgIpc) is 2.85. The van der Waals surface area contributed by atoms with Gasteiger partial charge in [0.1, 0.15) is 0 Å². The fourth-order valence-corrected chi connectivity index (χ4v) is 2.38. The molecule has 0 atom stereocenters. The maximum atomic E-state index is 11.6. The van der Waals surface area contributed by atoms with E-state index in [0.717, 1.165) is 31.7 Å². The number of carbonyl (C=O) groups is 1. The van der Waals surface area contributed by atoms with Crippen molar-refractivity contribution in [2.75, 3.05) is 39.8 Å². The number of carbonyl (C=O) groups excluding carboxylic acids is 1. The Balaban J connectivity index is 1.69. The monoisotopic (exact) mass is 266 g/mol. The topological polar surface area (TPSA) is 47.9 Å². The third-order valence-electron chi connectivity index (χ3n) is 2.91. The fourth-order valence-electron chi connectivity index (χ4n) is 1.77. The molecular weight excluding hydrogens is 248 g/mol. The standard InChI is InChI=1S/C12H18N4OS/c1-15-3-5-16(6-4-15)9-12(17)14-13-8-11-2-7-18-10-11/h2,7-8,10H,3-6,9H2,1H3,(H,14,17)/b13-8+. The highest BCUT2D eigenvalue weighted by molar-refractivity contribution is 7.08. The minimum atomic E-state index is -0.0500. The summed E-state index contributed by atoms with van der Waals surface area (Å²) in [5.41, 5.74) is 3.57. The molecule has 0 saturated carbocycles. The first-order valence-corrected chi connectivity index (χ1v) is 6.93. The molecule has 2 rings (SSSR count). The van der Waals surface area contributed by atoms with Gasteiger partial charge in [-0.25, -0.2) is 5.43 Å². The van der Waals surface area contributed by atoms with Crippen molar-refractivity contribution < 1.29 is 4.79 Å². The van der Waals surface area contributed by atoms with Gasteiger partial charge in [-0.15, -0.1) is 0 Å². The summed E-state index contributed by atoms with van der Waals surface area (Å²) >= 11 is 1.61. The summed E-state index contributed by atoms with van der Waals surface area (Å²) in [6.45, 7) is 4.35. The van der Waals surface area contributed by atoms with E-state index in [1.165, 1.54) is 0 Å². The molecule has 0 radical (unpaired) electrons. The summed E-state index contributed by atoms with van der Waals surface area (Å²) in [4.78, 5) is 16.1. The van der Waals surface area contributed by atoms with E-state index in [0.29, 0.717) is 6.54 Å². The smallest absolute Gasteiger partial charge is 0.254 e. The molecule has 0 aliphatic carbocycles. The van der Waals surface area contributed by atoms with Crippen LogP contribution in [0.25, 0.3) is 0 Å². The summed E-state index contributed by atoms with van der Waals surface area (Å²) in [6.07, 6.45) is 1.67. The largest absolute Gasteiger partial charge is 0.304 e. The van der Waals surface area contributed by atoms with Crippen LogP contribution in [0.1, 0.15) is 5.56 Å². The van der Waals surface area contributed by atoms with E-state index in [1.54, 1.807) is 17.6 Å². The quantitative estimate of drug-likeness (QED) is 0.636. The molecule has 18 heavy (non-hydrogen) atoms. The molecule has 1 saturated heterocycles. The van der Waals surface area contributed by atoms with Gasteiger partial charge in [0.05, 0.1) is 12.8 Å². The predicted octanol–water partition coefficient (Wildman–Crippen LogP) is 0.446. The second kappa shape index (κ2) is 6.63. The molecule has 1 aliphatic heterocycles. The van der Waals surface area contributed by atoms with Gasteiger partial charge in [-0.1, -0.05) is 0 Å². The van der Waals surface area contributed by atoms with E-state index < -0.39 is 0 Å². The lowest BCUT2D eigenvalue weighted by molar-refractivity contribution is -0.122. The van der Waals surface area contributed by atoms with E-state index in [2.05, 4.69) is 27.4 Å². The molecule has 1 aromatic heterocycles. The van der Waals surface area contributed by atoms with Crippen LogP contribution < -0.4 is 5.43 Å². The molecule has 0 aromatic carbocycles.